The number of methoxy groups -OCH3 is 2. The van der Waals surface area contributed by atoms with Crippen LogP contribution in [0.25, 0.3) is 0 Å². The Kier molecular flexibility index (Phi) is 6.09. The normalized spacial score (nSPS) is 15.1. The number of carbonyl (C=O) groups is 1. The molecule has 0 aliphatic carbocycles. The van der Waals surface area contributed by atoms with Crippen molar-refractivity contribution in [3.8, 4) is 11.5 Å². The average Bonchev–Trinajstić information content (AvgIpc) is 2.73. The molecule has 2 heterocycles. The maximum Gasteiger partial charge on any atom is 0.433 e. The molecule has 1 aromatic carbocycles. The number of alkyl halides is 3. The third kappa shape index (κ3) is 4.69. The minimum absolute atomic E-state index is 0.112. The van der Waals surface area contributed by atoms with Crippen molar-refractivity contribution < 1.29 is 27.4 Å². The van der Waals surface area contributed by atoms with Gasteiger partial charge in [0.25, 0.3) is 5.91 Å². The van der Waals surface area contributed by atoms with Crippen LogP contribution in [0.4, 0.5) is 19.0 Å². The van der Waals surface area contributed by atoms with Crippen LogP contribution in [0.1, 0.15) is 28.9 Å². The monoisotopic (exact) mass is 410 g/mol. The number of aromatic nitrogens is 2. The van der Waals surface area contributed by atoms with Gasteiger partial charge in [-0.05, 0) is 25.0 Å². The van der Waals surface area contributed by atoms with E-state index in [2.05, 4.69) is 15.3 Å². The number of nitrogens with zero attached hydrogens (tertiary/aromatic N) is 3. The number of halogens is 3. The van der Waals surface area contributed by atoms with Gasteiger partial charge in [-0.2, -0.15) is 13.2 Å². The third-order valence-corrected chi connectivity index (χ3v) is 4.74. The molecule has 1 saturated heterocycles. The molecular formula is C19H21F3N4O3. The van der Waals surface area contributed by atoms with E-state index in [0.717, 1.165) is 12.4 Å². The fraction of sp³-hybridized carbons (Fsp3) is 0.421. The molecule has 1 aromatic heterocycles. The van der Waals surface area contributed by atoms with Crippen molar-refractivity contribution in [2.24, 2.45) is 0 Å². The highest BCUT2D eigenvalue weighted by molar-refractivity contribution is 5.98. The quantitative estimate of drug-likeness (QED) is 0.817. The molecule has 1 N–H and O–H groups in total. The van der Waals surface area contributed by atoms with Crippen LogP contribution in [0.2, 0.25) is 0 Å². The fourth-order valence-corrected chi connectivity index (χ4v) is 3.26. The molecule has 3 rings (SSSR count). The van der Waals surface area contributed by atoms with Crippen LogP contribution in [0.15, 0.2) is 30.6 Å². The molecule has 10 heteroatoms. The number of para-hydroxylation sites is 1. The van der Waals surface area contributed by atoms with E-state index in [1.807, 2.05) is 0 Å². The van der Waals surface area contributed by atoms with E-state index >= 15 is 0 Å². The smallest absolute Gasteiger partial charge is 0.433 e. The minimum atomic E-state index is -4.51. The molecule has 156 valence electrons. The van der Waals surface area contributed by atoms with Crippen LogP contribution >= 0.6 is 0 Å². The number of benzene rings is 1. The number of nitrogens with one attached hydrogen (secondary N) is 1. The van der Waals surface area contributed by atoms with Gasteiger partial charge < -0.3 is 19.7 Å². The summed E-state index contributed by atoms with van der Waals surface area (Å²) >= 11 is 0. The summed E-state index contributed by atoms with van der Waals surface area (Å²) in [7, 11) is 2.95. The van der Waals surface area contributed by atoms with Gasteiger partial charge in [0.05, 0.1) is 19.8 Å². The molecule has 1 aliphatic rings. The molecule has 0 bridgehead atoms. The summed E-state index contributed by atoms with van der Waals surface area (Å²) < 4.78 is 49.0. The van der Waals surface area contributed by atoms with Crippen molar-refractivity contribution in [3.05, 3.63) is 41.9 Å². The molecule has 0 atom stereocenters. The first kappa shape index (κ1) is 20.7. The first-order valence-corrected chi connectivity index (χ1v) is 8.99. The second-order valence-corrected chi connectivity index (χ2v) is 6.54. The minimum Gasteiger partial charge on any atom is -0.493 e. The predicted molar refractivity (Wildman–Crippen MR) is 99.3 cm³/mol. The molecule has 0 unspecified atom stereocenters. The van der Waals surface area contributed by atoms with Crippen molar-refractivity contribution >= 4 is 11.7 Å². The summed E-state index contributed by atoms with van der Waals surface area (Å²) in [6.45, 7) is 0.934. The number of ether oxygens (including phenoxy) is 2. The van der Waals surface area contributed by atoms with Gasteiger partial charge in [-0.15, -0.1) is 0 Å². The number of hydrogen-bond donors (Lipinski definition) is 1. The lowest BCUT2D eigenvalue weighted by Crippen LogP contribution is -2.45. The van der Waals surface area contributed by atoms with Crippen LogP contribution in [0.5, 0.6) is 11.5 Å². The zero-order chi connectivity index (χ0) is 21.0. The van der Waals surface area contributed by atoms with Gasteiger partial charge in [0.1, 0.15) is 17.8 Å². The first-order valence-electron chi connectivity index (χ1n) is 8.99. The number of carbonyl (C=O) groups excluding carboxylic acids is 1. The van der Waals surface area contributed by atoms with E-state index in [-0.39, 0.29) is 17.8 Å². The molecule has 29 heavy (non-hydrogen) atoms. The lowest BCUT2D eigenvalue weighted by molar-refractivity contribution is -0.141. The zero-order valence-electron chi connectivity index (χ0n) is 16.0. The third-order valence-electron chi connectivity index (χ3n) is 4.74. The van der Waals surface area contributed by atoms with Gasteiger partial charge >= 0.3 is 6.18 Å². The largest absolute Gasteiger partial charge is 0.493 e. The van der Waals surface area contributed by atoms with Gasteiger partial charge in [0.15, 0.2) is 11.5 Å². The van der Waals surface area contributed by atoms with Crippen LogP contribution < -0.4 is 19.7 Å². The van der Waals surface area contributed by atoms with Crippen LogP contribution in [0.3, 0.4) is 0 Å². The lowest BCUT2D eigenvalue weighted by Gasteiger charge is -2.33. The van der Waals surface area contributed by atoms with Gasteiger partial charge in [0, 0.05) is 25.2 Å². The molecule has 1 aliphatic heterocycles. The Morgan fingerprint density at radius 3 is 2.52 bits per heavy atom. The standard InChI is InChI=1S/C19H21F3N4O3/c1-28-14-5-3-4-13(17(14)29-2)18(27)25-12-6-8-26(9-7-12)16-10-15(19(20,21)22)23-11-24-16/h3-5,10-12H,6-9H2,1-2H3,(H,25,27). The van der Waals surface area contributed by atoms with Crippen molar-refractivity contribution in [2.45, 2.75) is 25.1 Å². The highest BCUT2D eigenvalue weighted by atomic mass is 19.4. The Morgan fingerprint density at radius 1 is 1.17 bits per heavy atom. The summed E-state index contributed by atoms with van der Waals surface area (Å²) in [5, 5.41) is 2.95. The Hall–Kier alpha value is -3.04. The Balaban J connectivity index is 1.63. The molecule has 2 aromatic rings. The number of anilines is 1. The lowest BCUT2D eigenvalue weighted by atomic mass is 10.0. The van der Waals surface area contributed by atoms with Crippen molar-refractivity contribution in [1.82, 2.24) is 15.3 Å². The van der Waals surface area contributed by atoms with E-state index in [1.54, 1.807) is 23.1 Å². The van der Waals surface area contributed by atoms with E-state index in [1.165, 1.54) is 14.2 Å². The molecule has 7 nitrogen and oxygen atoms in total. The predicted octanol–water partition coefficient (Wildman–Crippen LogP) is 2.91. The fourth-order valence-electron chi connectivity index (χ4n) is 3.26. The number of rotatable bonds is 5. The van der Waals surface area contributed by atoms with Crippen LogP contribution in [-0.2, 0) is 6.18 Å². The number of hydrogen-bond acceptors (Lipinski definition) is 6. The highest BCUT2D eigenvalue weighted by Gasteiger charge is 2.33. The molecule has 0 spiro atoms. The Morgan fingerprint density at radius 2 is 1.90 bits per heavy atom. The maximum absolute atomic E-state index is 12.8. The number of piperidine rings is 1. The molecule has 1 fully saturated rings. The van der Waals surface area contributed by atoms with Crippen molar-refractivity contribution in [3.63, 3.8) is 0 Å². The summed E-state index contributed by atoms with van der Waals surface area (Å²) in [6, 6.07) is 5.88. The summed E-state index contributed by atoms with van der Waals surface area (Å²) in [6.07, 6.45) is -2.45. The van der Waals surface area contributed by atoms with E-state index < -0.39 is 11.9 Å². The summed E-state index contributed by atoms with van der Waals surface area (Å²) in [5.74, 6) is 0.747. The van der Waals surface area contributed by atoms with Gasteiger partial charge in [-0.3, -0.25) is 4.79 Å². The molecular weight excluding hydrogens is 389 g/mol. The Bertz CT molecular complexity index is 868. The van der Waals surface area contributed by atoms with Gasteiger partial charge in [-0.1, -0.05) is 6.07 Å². The zero-order valence-corrected chi connectivity index (χ0v) is 16.0. The van der Waals surface area contributed by atoms with Gasteiger partial charge in [0.2, 0.25) is 0 Å². The molecule has 1 amide bonds. The number of amides is 1. The van der Waals surface area contributed by atoms with Crippen LogP contribution in [0, 0.1) is 0 Å². The average molecular weight is 410 g/mol. The van der Waals surface area contributed by atoms with E-state index in [9.17, 15) is 18.0 Å². The second-order valence-electron chi connectivity index (χ2n) is 6.54. The Labute approximate surface area is 165 Å². The maximum atomic E-state index is 12.8. The van der Waals surface area contributed by atoms with Gasteiger partial charge in [-0.25, -0.2) is 9.97 Å². The van der Waals surface area contributed by atoms with Crippen molar-refractivity contribution in [1.29, 1.82) is 0 Å². The second kappa shape index (κ2) is 8.54. The molecule has 0 radical (unpaired) electrons. The topological polar surface area (TPSA) is 76.6 Å². The summed E-state index contributed by atoms with van der Waals surface area (Å²) in [5.41, 5.74) is -0.608. The van der Waals surface area contributed by atoms with Crippen molar-refractivity contribution in [2.75, 3.05) is 32.2 Å². The first-order chi connectivity index (χ1) is 13.8. The summed E-state index contributed by atoms with van der Waals surface area (Å²) in [4.78, 5) is 21.6. The molecule has 0 saturated carbocycles. The van der Waals surface area contributed by atoms with Crippen LogP contribution in [-0.4, -0.2) is 49.2 Å². The van der Waals surface area contributed by atoms with E-state index in [4.69, 9.17) is 9.47 Å². The SMILES string of the molecule is COc1cccc(C(=O)NC2CCN(c3cc(C(F)(F)F)ncn3)CC2)c1OC. The van der Waals surface area contributed by atoms with E-state index in [0.29, 0.717) is 43.0 Å². The highest BCUT2D eigenvalue weighted by Crippen LogP contribution is 2.31.